The summed E-state index contributed by atoms with van der Waals surface area (Å²) in [7, 11) is 0. The van der Waals surface area contributed by atoms with E-state index in [1.165, 1.54) is 97.2 Å². The van der Waals surface area contributed by atoms with Gasteiger partial charge in [0, 0.05) is 5.41 Å². The largest absolute Gasteiger partial charge is 0.261 e. The number of fused-ring (bicyclic) bond motifs is 12. The molecule has 0 N–H and O–H groups in total. The van der Waals surface area contributed by atoms with Crippen LogP contribution in [-0.4, -0.2) is 40.5 Å². The highest BCUT2D eigenvalue weighted by atomic mass is 15.3. The van der Waals surface area contributed by atoms with Crippen molar-refractivity contribution in [2.75, 3.05) is 13.1 Å². The van der Waals surface area contributed by atoms with Crippen LogP contribution in [-0.2, 0) is 17.3 Å². The summed E-state index contributed by atoms with van der Waals surface area (Å²) in [5, 5.41) is 2.93. The molecule has 0 aromatic heterocycles. The molecule has 0 saturated heterocycles. The molecule has 2 fully saturated rings. The SMILES string of the molecule is Cc1cc2c(c3ccccc13)C1(CN(C3CCCCC3)C(C(C)C)=[N+](C3CCCCC3)C1)c1ccc3c(c1-2)C1=C(c2ccccc2C1)C3(C)C. The standard InChI is InChI=1S/C48H55N2/c1-30(2)46-49(33-17-8-6-9-18-33)28-48(29-50(46)34-19-10-7-11-20-34)41-25-24-40-42(39-27-32-16-12-13-22-36(32)44(39)47(40,4)5)43(41)38-26-31(3)35-21-14-15-23-37(35)45(38)48/h12-16,21-26,30,33-34H,6-11,17-20,27-29H2,1-5H3/q+1. The number of rotatable bonds is 3. The topological polar surface area (TPSA) is 6.25 Å². The molecule has 6 aliphatic rings. The number of benzene rings is 4. The second-order valence-electron chi connectivity index (χ2n) is 17.8. The fourth-order valence-electron chi connectivity index (χ4n) is 12.3. The third-order valence-electron chi connectivity index (χ3n) is 14.3. The van der Waals surface area contributed by atoms with E-state index in [0.717, 1.165) is 19.5 Å². The molecule has 1 atom stereocenters. The van der Waals surface area contributed by atoms with Gasteiger partial charge < -0.3 is 0 Å². The highest BCUT2D eigenvalue weighted by Gasteiger charge is 2.57. The Labute approximate surface area is 300 Å². The van der Waals surface area contributed by atoms with E-state index in [1.807, 2.05) is 0 Å². The lowest BCUT2D eigenvalue weighted by Crippen LogP contribution is -2.62. The maximum Gasteiger partial charge on any atom is 0.249 e. The van der Waals surface area contributed by atoms with Crippen LogP contribution in [0.25, 0.3) is 33.0 Å². The van der Waals surface area contributed by atoms with Crippen molar-refractivity contribution in [1.29, 1.82) is 0 Å². The number of hydrogen-bond donors (Lipinski definition) is 0. The van der Waals surface area contributed by atoms with Gasteiger partial charge in [-0.25, -0.2) is 0 Å². The second-order valence-corrected chi connectivity index (χ2v) is 17.8. The zero-order valence-corrected chi connectivity index (χ0v) is 31.2. The van der Waals surface area contributed by atoms with Crippen molar-refractivity contribution >= 4 is 27.8 Å². The van der Waals surface area contributed by atoms with Gasteiger partial charge in [0.05, 0.1) is 23.4 Å². The normalized spacial score (nSPS) is 24.3. The summed E-state index contributed by atoms with van der Waals surface area (Å²) in [6.45, 7) is 14.6. The zero-order chi connectivity index (χ0) is 33.9. The summed E-state index contributed by atoms with van der Waals surface area (Å²) in [6, 6.07) is 27.9. The van der Waals surface area contributed by atoms with Crippen LogP contribution in [0.4, 0.5) is 0 Å². The minimum absolute atomic E-state index is 0.0124. The average molecular weight is 660 g/mol. The third kappa shape index (κ3) is 4.17. The first-order valence-electron chi connectivity index (χ1n) is 20.2. The molecule has 2 heteroatoms. The molecule has 0 bridgehead atoms. The van der Waals surface area contributed by atoms with Crippen LogP contribution in [0.2, 0.25) is 0 Å². The zero-order valence-electron chi connectivity index (χ0n) is 31.2. The summed E-state index contributed by atoms with van der Waals surface area (Å²) < 4.78 is 3.03. The first kappa shape index (κ1) is 31.1. The molecule has 4 aromatic carbocycles. The molecule has 0 amide bonds. The summed E-state index contributed by atoms with van der Waals surface area (Å²) in [5.41, 5.74) is 17.0. The fourth-order valence-corrected chi connectivity index (χ4v) is 12.3. The molecule has 1 aliphatic heterocycles. The summed E-state index contributed by atoms with van der Waals surface area (Å²) in [5.74, 6) is 2.19. The Morgan fingerprint density at radius 2 is 1.42 bits per heavy atom. The van der Waals surface area contributed by atoms with Crippen molar-refractivity contribution in [3.63, 3.8) is 0 Å². The van der Waals surface area contributed by atoms with E-state index in [2.05, 4.69) is 111 Å². The Morgan fingerprint density at radius 3 is 2.18 bits per heavy atom. The quantitative estimate of drug-likeness (QED) is 0.198. The van der Waals surface area contributed by atoms with Crippen LogP contribution in [0.3, 0.4) is 0 Å². The molecule has 1 spiro atoms. The van der Waals surface area contributed by atoms with Crippen LogP contribution < -0.4 is 0 Å². The van der Waals surface area contributed by atoms with Crippen molar-refractivity contribution in [1.82, 2.24) is 4.90 Å². The smallest absolute Gasteiger partial charge is 0.249 e. The first-order valence-corrected chi connectivity index (χ1v) is 20.2. The van der Waals surface area contributed by atoms with Crippen LogP contribution in [0.15, 0.2) is 66.7 Å². The lowest BCUT2D eigenvalue weighted by atomic mass is 9.72. The average Bonchev–Trinajstić information content (AvgIpc) is 3.73. The van der Waals surface area contributed by atoms with Gasteiger partial charge in [-0.15, -0.1) is 0 Å². The van der Waals surface area contributed by atoms with Crippen molar-refractivity contribution in [3.8, 4) is 11.1 Å². The van der Waals surface area contributed by atoms with Gasteiger partial charge in [-0.1, -0.05) is 107 Å². The van der Waals surface area contributed by atoms with Gasteiger partial charge in [-0.2, -0.15) is 0 Å². The van der Waals surface area contributed by atoms with Gasteiger partial charge in [-0.3, -0.25) is 9.48 Å². The monoisotopic (exact) mass is 659 g/mol. The molecule has 2 nitrogen and oxygen atoms in total. The number of aryl methyl sites for hydroxylation is 1. The van der Waals surface area contributed by atoms with E-state index >= 15 is 0 Å². The lowest BCUT2D eigenvalue weighted by molar-refractivity contribution is -0.588. The maximum absolute atomic E-state index is 3.03. The van der Waals surface area contributed by atoms with Gasteiger partial charge in [0.1, 0.15) is 13.1 Å². The molecule has 4 aromatic rings. The van der Waals surface area contributed by atoms with Gasteiger partial charge in [0.25, 0.3) is 0 Å². The van der Waals surface area contributed by atoms with E-state index < -0.39 is 0 Å². The molecule has 10 rings (SSSR count). The van der Waals surface area contributed by atoms with E-state index in [1.54, 1.807) is 44.8 Å². The lowest BCUT2D eigenvalue weighted by Gasteiger charge is -2.46. The predicted molar refractivity (Wildman–Crippen MR) is 210 cm³/mol. The van der Waals surface area contributed by atoms with E-state index in [4.69, 9.17) is 0 Å². The molecular formula is C48H55N2+. The number of hydrogen-bond acceptors (Lipinski definition) is 1. The molecule has 1 unspecified atom stereocenters. The minimum atomic E-state index is -0.0841. The molecule has 50 heavy (non-hydrogen) atoms. The van der Waals surface area contributed by atoms with Crippen molar-refractivity contribution in [2.45, 2.75) is 128 Å². The Kier molecular flexibility index (Phi) is 6.95. The molecule has 5 aliphatic carbocycles. The number of amidine groups is 1. The summed E-state index contributed by atoms with van der Waals surface area (Å²) >= 11 is 0. The Bertz CT molecular complexity index is 2130. The van der Waals surface area contributed by atoms with E-state index in [0.29, 0.717) is 18.0 Å². The fraction of sp³-hybridized carbons (Fsp3) is 0.479. The van der Waals surface area contributed by atoms with E-state index in [-0.39, 0.29) is 10.8 Å². The summed E-state index contributed by atoms with van der Waals surface area (Å²) in [6.07, 6.45) is 14.7. The third-order valence-corrected chi connectivity index (χ3v) is 14.3. The molecule has 2 saturated carbocycles. The van der Waals surface area contributed by atoms with Crippen LogP contribution in [0.1, 0.15) is 131 Å². The van der Waals surface area contributed by atoms with Crippen LogP contribution in [0.5, 0.6) is 0 Å². The van der Waals surface area contributed by atoms with Crippen molar-refractivity contribution in [2.24, 2.45) is 5.92 Å². The van der Waals surface area contributed by atoms with Crippen molar-refractivity contribution < 1.29 is 4.58 Å². The maximum atomic E-state index is 3.03. The first-order chi connectivity index (χ1) is 24.3. The molecule has 1 heterocycles. The van der Waals surface area contributed by atoms with Crippen LogP contribution in [0, 0.1) is 12.8 Å². The minimum Gasteiger partial charge on any atom is -0.261 e. The van der Waals surface area contributed by atoms with E-state index in [9.17, 15) is 0 Å². The van der Waals surface area contributed by atoms with Gasteiger partial charge in [-0.05, 0) is 137 Å². The van der Waals surface area contributed by atoms with Gasteiger partial charge in [0.2, 0.25) is 5.84 Å². The highest BCUT2D eigenvalue weighted by molar-refractivity contribution is 6.12. The molecule has 0 radical (unpaired) electrons. The Balaban J connectivity index is 1.29. The predicted octanol–water partition coefficient (Wildman–Crippen LogP) is 11.2. The van der Waals surface area contributed by atoms with Crippen molar-refractivity contribution in [3.05, 3.63) is 106 Å². The summed E-state index contributed by atoms with van der Waals surface area (Å²) in [4.78, 5) is 3.03. The Hall–Kier alpha value is -3.65. The highest BCUT2D eigenvalue weighted by Crippen LogP contribution is 2.63. The van der Waals surface area contributed by atoms with Crippen LogP contribution >= 0.6 is 0 Å². The molecular weight excluding hydrogens is 605 g/mol. The second kappa shape index (κ2) is 11.2. The van der Waals surface area contributed by atoms with Gasteiger partial charge >= 0.3 is 0 Å². The number of allylic oxidation sites excluding steroid dienone is 2. The number of nitrogens with zero attached hydrogens (tertiary/aromatic N) is 2. The Morgan fingerprint density at radius 1 is 0.740 bits per heavy atom. The molecule has 256 valence electrons. The van der Waals surface area contributed by atoms with Gasteiger partial charge in [0.15, 0.2) is 0 Å².